The van der Waals surface area contributed by atoms with Gasteiger partial charge in [0.05, 0.1) is 18.8 Å². The molecule has 0 saturated carbocycles. The van der Waals surface area contributed by atoms with Gasteiger partial charge in [-0.15, -0.1) is 11.7 Å². The third-order valence-electron chi connectivity index (χ3n) is 4.25. The summed E-state index contributed by atoms with van der Waals surface area (Å²) in [4.78, 5) is 4.68. The molecule has 0 spiro atoms. The van der Waals surface area contributed by atoms with Crippen LogP contribution in [0.25, 0.3) is 11.5 Å². The summed E-state index contributed by atoms with van der Waals surface area (Å²) in [7, 11) is 0. The Morgan fingerprint density at radius 1 is 1.07 bits per heavy atom. The summed E-state index contributed by atoms with van der Waals surface area (Å²) >= 11 is 0. The zero-order valence-electron chi connectivity index (χ0n) is 15.1. The summed E-state index contributed by atoms with van der Waals surface area (Å²) in [6.45, 7) is 7.52. The van der Waals surface area contributed by atoms with E-state index in [4.69, 9.17) is 0 Å². The molecule has 0 radical (unpaired) electrons. The first-order valence-electron chi connectivity index (χ1n) is 8.71. The van der Waals surface area contributed by atoms with Crippen LogP contribution in [0.4, 0.5) is 0 Å². The van der Waals surface area contributed by atoms with Gasteiger partial charge in [-0.25, -0.2) is 14.3 Å². The summed E-state index contributed by atoms with van der Waals surface area (Å²) in [6, 6.07) is 12.1. The molecule has 0 aliphatic rings. The quantitative estimate of drug-likeness (QED) is 0.473. The molecule has 0 aliphatic heterocycles. The third-order valence-corrected chi connectivity index (χ3v) is 4.25. The molecule has 27 heavy (non-hydrogen) atoms. The Kier molecular flexibility index (Phi) is 4.61. The van der Waals surface area contributed by atoms with Crippen molar-refractivity contribution in [1.82, 2.24) is 39.5 Å². The fourth-order valence-electron chi connectivity index (χ4n) is 2.89. The molecular formula is C19H20N8. The minimum atomic E-state index is 0.501. The number of aromatic nitrogens is 8. The topological polar surface area (TPSA) is 79.2 Å². The van der Waals surface area contributed by atoms with Crippen molar-refractivity contribution in [3.63, 3.8) is 0 Å². The molecule has 0 saturated heterocycles. The van der Waals surface area contributed by atoms with Gasteiger partial charge in [-0.3, -0.25) is 4.68 Å². The summed E-state index contributed by atoms with van der Waals surface area (Å²) in [5, 5.41) is 17.5. The molecule has 0 N–H and O–H groups in total. The van der Waals surface area contributed by atoms with E-state index in [9.17, 15) is 0 Å². The van der Waals surface area contributed by atoms with Crippen LogP contribution < -0.4 is 0 Å². The van der Waals surface area contributed by atoms with Crippen LogP contribution in [0.2, 0.25) is 0 Å². The van der Waals surface area contributed by atoms with Gasteiger partial charge in [0.2, 0.25) is 0 Å². The lowest BCUT2D eigenvalue weighted by Crippen LogP contribution is -2.05. The van der Waals surface area contributed by atoms with E-state index >= 15 is 0 Å². The minimum Gasteiger partial charge on any atom is -0.265 e. The van der Waals surface area contributed by atoms with Crippen LogP contribution in [0.1, 0.15) is 17.1 Å². The highest BCUT2D eigenvalue weighted by atomic mass is 15.4. The van der Waals surface area contributed by atoms with Crippen molar-refractivity contribution in [2.24, 2.45) is 0 Å². The molecule has 136 valence electrons. The Morgan fingerprint density at radius 2 is 1.93 bits per heavy atom. The van der Waals surface area contributed by atoms with Crippen molar-refractivity contribution in [2.75, 3.05) is 0 Å². The van der Waals surface area contributed by atoms with Crippen LogP contribution in [-0.2, 0) is 19.6 Å². The molecule has 8 heteroatoms. The van der Waals surface area contributed by atoms with Crippen molar-refractivity contribution in [3.8, 4) is 11.5 Å². The van der Waals surface area contributed by atoms with E-state index in [-0.39, 0.29) is 0 Å². The standard InChI is InChI=1S/C19H20N8/c1-3-11-26-19(21-17(23-26)14-25-12-7-10-20-25)18-15(2)27(24-22-18)13-16-8-5-4-6-9-16/h3-10,12H,1,11,13-14H2,2H3. The number of nitrogens with zero attached hydrogens (tertiary/aromatic N) is 8. The van der Waals surface area contributed by atoms with Crippen molar-refractivity contribution in [1.29, 1.82) is 0 Å². The van der Waals surface area contributed by atoms with Crippen LogP contribution in [0, 0.1) is 6.92 Å². The highest BCUT2D eigenvalue weighted by molar-refractivity contribution is 5.52. The van der Waals surface area contributed by atoms with Crippen LogP contribution in [0.5, 0.6) is 0 Å². The third kappa shape index (κ3) is 3.55. The van der Waals surface area contributed by atoms with Gasteiger partial charge in [0.25, 0.3) is 0 Å². The maximum absolute atomic E-state index is 4.68. The zero-order chi connectivity index (χ0) is 18.6. The molecule has 0 bridgehead atoms. The van der Waals surface area contributed by atoms with Gasteiger partial charge in [0, 0.05) is 12.4 Å². The van der Waals surface area contributed by atoms with E-state index in [1.54, 1.807) is 21.6 Å². The van der Waals surface area contributed by atoms with Crippen LogP contribution in [0.3, 0.4) is 0 Å². The number of hydrogen-bond donors (Lipinski definition) is 0. The lowest BCUT2D eigenvalue weighted by atomic mass is 10.2. The van der Waals surface area contributed by atoms with Crippen LogP contribution in [-0.4, -0.2) is 39.5 Å². The van der Waals surface area contributed by atoms with E-state index < -0.39 is 0 Å². The van der Waals surface area contributed by atoms with E-state index in [0.29, 0.717) is 31.3 Å². The Hall–Kier alpha value is -3.55. The Morgan fingerprint density at radius 3 is 2.67 bits per heavy atom. The summed E-state index contributed by atoms with van der Waals surface area (Å²) in [5.74, 6) is 1.36. The maximum Gasteiger partial charge on any atom is 0.181 e. The van der Waals surface area contributed by atoms with Gasteiger partial charge in [0.1, 0.15) is 6.54 Å². The second-order valence-electron chi connectivity index (χ2n) is 6.19. The van der Waals surface area contributed by atoms with Crippen molar-refractivity contribution in [3.05, 3.63) is 78.5 Å². The molecule has 4 aromatic rings. The van der Waals surface area contributed by atoms with Crippen molar-refractivity contribution in [2.45, 2.75) is 26.6 Å². The molecule has 1 aromatic carbocycles. The van der Waals surface area contributed by atoms with Crippen LogP contribution in [0.15, 0.2) is 61.4 Å². The largest absolute Gasteiger partial charge is 0.265 e. The van der Waals surface area contributed by atoms with E-state index in [2.05, 4.69) is 44.2 Å². The Balaban J connectivity index is 1.66. The van der Waals surface area contributed by atoms with Gasteiger partial charge >= 0.3 is 0 Å². The summed E-state index contributed by atoms with van der Waals surface area (Å²) in [6.07, 6.45) is 5.41. The first kappa shape index (κ1) is 16.9. The smallest absolute Gasteiger partial charge is 0.181 e. The van der Waals surface area contributed by atoms with E-state index in [1.165, 1.54) is 5.56 Å². The predicted molar refractivity (Wildman–Crippen MR) is 101 cm³/mol. The number of allylic oxidation sites excluding steroid dienone is 1. The van der Waals surface area contributed by atoms with Gasteiger partial charge in [-0.1, -0.05) is 41.6 Å². The number of rotatable bonds is 7. The molecular weight excluding hydrogens is 340 g/mol. The Bertz CT molecular complexity index is 1030. The van der Waals surface area contributed by atoms with E-state index in [0.717, 1.165) is 11.4 Å². The van der Waals surface area contributed by atoms with Gasteiger partial charge in [-0.05, 0) is 18.6 Å². The molecule has 3 heterocycles. The monoisotopic (exact) mass is 360 g/mol. The normalized spacial score (nSPS) is 11.0. The van der Waals surface area contributed by atoms with Crippen molar-refractivity contribution >= 4 is 0 Å². The fourth-order valence-corrected chi connectivity index (χ4v) is 2.89. The first-order chi connectivity index (χ1) is 13.2. The minimum absolute atomic E-state index is 0.501. The molecule has 0 atom stereocenters. The maximum atomic E-state index is 4.68. The van der Waals surface area contributed by atoms with Gasteiger partial charge < -0.3 is 0 Å². The Labute approximate surface area is 156 Å². The molecule has 4 rings (SSSR count). The second-order valence-corrected chi connectivity index (χ2v) is 6.19. The van der Waals surface area contributed by atoms with Gasteiger partial charge in [0.15, 0.2) is 17.3 Å². The highest BCUT2D eigenvalue weighted by Gasteiger charge is 2.19. The average molecular weight is 360 g/mol. The molecule has 3 aromatic heterocycles. The average Bonchev–Trinajstić information content (AvgIpc) is 3.39. The molecule has 0 aliphatic carbocycles. The van der Waals surface area contributed by atoms with Crippen LogP contribution >= 0.6 is 0 Å². The second kappa shape index (κ2) is 7.36. The van der Waals surface area contributed by atoms with E-state index in [1.807, 2.05) is 42.1 Å². The van der Waals surface area contributed by atoms with Crippen molar-refractivity contribution < 1.29 is 0 Å². The number of hydrogen-bond acceptors (Lipinski definition) is 5. The number of benzene rings is 1. The molecule has 0 unspecified atom stereocenters. The SMILES string of the molecule is C=CCn1nc(Cn2cccn2)nc1-c1nnn(Cc2ccccc2)c1C. The molecule has 0 fully saturated rings. The summed E-state index contributed by atoms with van der Waals surface area (Å²) in [5.41, 5.74) is 2.85. The zero-order valence-corrected chi connectivity index (χ0v) is 15.1. The molecule has 0 amide bonds. The lowest BCUT2D eigenvalue weighted by molar-refractivity contribution is 0.631. The predicted octanol–water partition coefficient (Wildman–Crippen LogP) is 2.32. The fraction of sp³-hybridized carbons (Fsp3) is 0.211. The lowest BCUT2D eigenvalue weighted by Gasteiger charge is -2.04. The van der Waals surface area contributed by atoms with Gasteiger partial charge in [-0.2, -0.15) is 10.2 Å². The first-order valence-corrected chi connectivity index (χ1v) is 8.71. The molecule has 8 nitrogen and oxygen atoms in total. The summed E-state index contributed by atoms with van der Waals surface area (Å²) < 4.78 is 5.47. The highest BCUT2D eigenvalue weighted by Crippen LogP contribution is 2.20.